The largest absolute Gasteiger partial charge is 0.387 e. The average Bonchev–Trinajstić information content (AvgIpc) is 3.33. The van der Waals surface area contributed by atoms with Crippen molar-refractivity contribution in [2.45, 2.75) is 40.0 Å². The number of Topliss-reactive ketones (excluding diaryl/α,β-unsaturated/α-hetero) is 1. The molecule has 2 amide bonds. The van der Waals surface area contributed by atoms with Gasteiger partial charge in [-0.25, -0.2) is 15.0 Å². The Labute approximate surface area is 224 Å². The Morgan fingerprint density at radius 2 is 1.79 bits per heavy atom. The van der Waals surface area contributed by atoms with E-state index in [2.05, 4.69) is 30.3 Å². The number of piperazine rings is 1. The normalized spacial score (nSPS) is 16.2. The number of nitrogens with one attached hydrogen (secondary N) is 1. The second kappa shape index (κ2) is 12.5. The zero-order valence-electron chi connectivity index (χ0n) is 21.5. The van der Waals surface area contributed by atoms with Gasteiger partial charge in [-0.1, -0.05) is 29.4 Å². The summed E-state index contributed by atoms with van der Waals surface area (Å²) in [7, 11) is 0. The number of thiazole rings is 1. The molecular weight excluding hydrogens is 506 g/mol. The maximum Gasteiger partial charge on any atom is 0.280 e. The Kier molecular flexibility index (Phi) is 8.87. The van der Waals surface area contributed by atoms with Gasteiger partial charge in [-0.3, -0.25) is 24.6 Å². The predicted molar refractivity (Wildman–Crippen MR) is 143 cm³/mol. The number of hydrogen-bond acceptors (Lipinski definition) is 10. The summed E-state index contributed by atoms with van der Waals surface area (Å²) in [5.41, 5.74) is 1.03. The lowest BCUT2D eigenvalue weighted by molar-refractivity contribution is -0.133. The van der Waals surface area contributed by atoms with Gasteiger partial charge in [0.2, 0.25) is 5.91 Å². The number of aromatic nitrogens is 3. The van der Waals surface area contributed by atoms with Crippen LogP contribution in [0.25, 0.3) is 0 Å². The molecule has 1 aliphatic heterocycles. The molecule has 3 heterocycles. The number of benzene rings is 1. The van der Waals surface area contributed by atoms with Crippen LogP contribution >= 0.6 is 11.3 Å². The lowest BCUT2D eigenvalue weighted by Gasteiger charge is -2.39. The van der Waals surface area contributed by atoms with Gasteiger partial charge >= 0.3 is 0 Å². The van der Waals surface area contributed by atoms with Gasteiger partial charge in [0.15, 0.2) is 29.1 Å². The van der Waals surface area contributed by atoms with Crippen molar-refractivity contribution in [3.05, 3.63) is 70.8 Å². The van der Waals surface area contributed by atoms with Crippen LogP contribution in [0.3, 0.4) is 0 Å². The van der Waals surface area contributed by atoms with Gasteiger partial charge in [0.05, 0.1) is 0 Å². The summed E-state index contributed by atoms with van der Waals surface area (Å²) in [6, 6.07) is 8.39. The number of ketones is 1. The molecule has 1 atom stereocenters. The second-order valence-corrected chi connectivity index (χ2v) is 10.0. The fourth-order valence-corrected chi connectivity index (χ4v) is 4.96. The highest BCUT2D eigenvalue weighted by atomic mass is 32.1. The minimum Gasteiger partial charge on any atom is -0.387 e. The molecule has 2 aromatic heterocycles. The van der Waals surface area contributed by atoms with Crippen LogP contribution in [0.15, 0.2) is 54.1 Å². The molecule has 1 saturated heterocycles. The SMILES string of the molecule is CC(=O)c1ccc(/C(=N\OCc2ncccn2)C(=O)Nc2ncc(CN3CCN(C(C)=O)[C@@H](C)C3)s2)cc1. The van der Waals surface area contributed by atoms with Crippen molar-refractivity contribution in [3.8, 4) is 0 Å². The molecule has 0 unspecified atom stereocenters. The van der Waals surface area contributed by atoms with Crippen molar-refractivity contribution in [3.63, 3.8) is 0 Å². The first-order valence-corrected chi connectivity index (χ1v) is 12.9. The van der Waals surface area contributed by atoms with Crippen LogP contribution < -0.4 is 5.32 Å². The predicted octanol–water partition coefficient (Wildman–Crippen LogP) is 2.75. The molecule has 4 rings (SSSR count). The number of oxime groups is 1. The molecule has 12 heteroatoms. The molecule has 3 aromatic rings. The summed E-state index contributed by atoms with van der Waals surface area (Å²) >= 11 is 1.38. The quantitative estimate of drug-likeness (QED) is 0.252. The molecule has 0 aliphatic carbocycles. The molecular formula is C26H29N7O4S. The van der Waals surface area contributed by atoms with Crippen molar-refractivity contribution in [1.82, 2.24) is 24.8 Å². The van der Waals surface area contributed by atoms with E-state index in [0.717, 1.165) is 18.0 Å². The van der Waals surface area contributed by atoms with E-state index in [1.807, 2.05) is 11.8 Å². The van der Waals surface area contributed by atoms with Crippen LogP contribution in [0.5, 0.6) is 0 Å². The van der Waals surface area contributed by atoms with E-state index in [4.69, 9.17) is 4.84 Å². The van der Waals surface area contributed by atoms with Gasteiger partial charge in [-0.05, 0) is 19.9 Å². The smallest absolute Gasteiger partial charge is 0.280 e. The summed E-state index contributed by atoms with van der Waals surface area (Å²) in [5.74, 6) is -0.0666. The Balaban J connectivity index is 1.44. The number of rotatable bonds is 9. The zero-order valence-corrected chi connectivity index (χ0v) is 22.3. The molecule has 1 aliphatic rings. The van der Waals surface area contributed by atoms with Crippen LogP contribution in [0.4, 0.5) is 5.13 Å². The molecule has 1 fully saturated rings. The minimum absolute atomic E-state index is 0.0140. The molecule has 198 valence electrons. The first-order valence-electron chi connectivity index (χ1n) is 12.1. The van der Waals surface area contributed by atoms with Gasteiger partial charge in [0.1, 0.15) is 0 Å². The number of carbonyl (C=O) groups is 3. The van der Waals surface area contributed by atoms with E-state index < -0.39 is 5.91 Å². The van der Waals surface area contributed by atoms with E-state index in [1.165, 1.54) is 18.3 Å². The maximum absolute atomic E-state index is 13.2. The number of hydrogen-bond donors (Lipinski definition) is 1. The van der Waals surface area contributed by atoms with Crippen molar-refractivity contribution in [1.29, 1.82) is 0 Å². The lowest BCUT2D eigenvalue weighted by Crippen LogP contribution is -2.52. The van der Waals surface area contributed by atoms with Crippen LogP contribution in [0, 0.1) is 0 Å². The van der Waals surface area contributed by atoms with Crippen LogP contribution in [-0.4, -0.2) is 73.7 Å². The van der Waals surface area contributed by atoms with Crippen molar-refractivity contribution in [2.75, 3.05) is 25.0 Å². The van der Waals surface area contributed by atoms with E-state index in [1.54, 1.807) is 55.8 Å². The fraction of sp³-hybridized carbons (Fsp3) is 0.346. The third kappa shape index (κ3) is 7.05. The van der Waals surface area contributed by atoms with Gasteiger partial charge < -0.3 is 9.74 Å². The highest BCUT2D eigenvalue weighted by Crippen LogP contribution is 2.22. The van der Waals surface area contributed by atoms with Crippen LogP contribution in [0.1, 0.15) is 47.4 Å². The number of carbonyl (C=O) groups excluding carboxylic acids is 3. The third-order valence-corrected chi connectivity index (χ3v) is 6.92. The minimum atomic E-state index is -0.501. The summed E-state index contributed by atoms with van der Waals surface area (Å²) in [6.07, 6.45) is 4.92. The summed E-state index contributed by atoms with van der Waals surface area (Å²) in [5, 5.41) is 7.30. The van der Waals surface area contributed by atoms with Crippen molar-refractivity contribution in [2.24, 2.45) is 5.16 Å². The van der Waals surface area contributed by atoms with Gasteiger partial charge in [-0.2, -0.15) is 0 Å². The van der Waals surface area contributed by atoms with E-state index in [0.29, 0.717) is 35.2 Å². The number of nitrogens with zero attached hydrogens (tertiary/aromatic N) is 6. The van der Waals surface area contributed by atoms with Gasteiger partial charge in [0, 0.05) is 73.7 Å². The molecule has 0 spiro atoms. The number of amides is 2. The van der Waals surface area contributed by atoms with Crippen LogP contribution in [-0.2, 0) is 27.6 Å². The fourth-order valence-electron chi connectivity index (χ4n) is 4.11. The maximum atomic E-state index is 13.2. The molecule has 0 bridgehead atoms. The Hall–Kier alpha value is -4.03. The highest BCUT2D eigenvalue weighted by molar-refractivity contribution is 7.15. The molecule has 0 saturated carbocycles. The van der Waals surface area contributed by atoms with Gasteiger partial charge in [-0.15, -0.1) is 11.3 Å². The number of anilines is 1. The molecule has 11 nitrogen and oxygen atoms in total. The standard InChI is InChI=1S/C26H29N7O4S/c1-17-14-32(11-12-33(17)19(3)35)15-22-13-29-26(38-22)30-25(36)24(21-7-5-20(6-8-21)18(2)34)31-37-16-23-27-9-4-10-28-23/h4-10,13,17H,11-12,14-16H2,1-3H3,(H,29,30,36)/b31-24+/t17-/m0/s1. The average molecular weight is 536 g/mol. The zero-order chi connectivity index (χ0) is 27.1. The van der Waals surface area contributed by atoms with E-state index in [-0.39, 0.29) is 30.1 Å². The Bertz CT molecular complexity index is 1310. The molecule has 38 heavy (non-hydrogen) atoms. The highest BCUT2D eigenvalue weighted by Gasteiger charge is 2.26. The molecule has 1 N–H and O–H groups in total. The van der Waals surface area contributed by atoms with Crippen molar-refractivity contribution >= 4 is 39.8 Å². The molecule has 0 radical (unpaired) electrons. The van der Waals surface area contributed by atoms with Gasteiger partial charge in [0.25, 0.3) is 5.91 Å². The second-order valence-electron chi connectivity index (χ2n) is 8.89. The monoisotopic (exact) mass is 535 g/mol. The third-order valence-electron chi connectivity index (χ3n) is 6.02. The lowest BCUT2D eigenvalue weighted by atomic mass is 10.1. The topological polar surface area (TPSA) is 130 Å². The van der Waals surface area contributed by atoms with Crippen molar-refractivity contribution < 1.29 is 19.2 Å². The van der Waals surface area contributed by atoms with E-state index >= 15 is 0 Å². The first-order chi connectivity index (χ1) is 18.3. The summed E-state index contributed by atoms with van der Waals surface area (Å²) in [4.78, 5) is 59.7. The Morgan fingerprint density at radius 3 is 2.45 bits per heavy atom. The van der Waals surface area contributed by atoms with Crippen LogP contribution in [0.2, 0.25) is 0 Å². The van der Waals surface area contributed by atoms with E-state index in [9.17, 15) is 14.4 Å². The molecule has 1 aromatic carbocycles. The Morgan fingerprint density at radius 1 is 1.08 bits per heavy atom. The summed E-state index contributed by atoms with van der Waals surface area (Å²) < 4.78 is 0. The first kappa shape index (κ1) is 27.0. The summed E-state index contributed by atoms with van der Waals surface area (Å²) in [6.45, 7) is 8.02.